The average Bonchev–Trinajstić information content (AvgIpc) is 2.98. The van der Waals surface area contributed by atoms with Gasteiger partial charge in [-0.05, 0) is 42.5 Å². The van der Waals surface area contributed by atoms with Crippen LogP contribution in [0.5, 0.6) is 0 Å². The Morgan fingerprint density at radius 1 is 1.19 bits per heavy atom. The minimum absolute atomic E-state index is 0.219. The van der Waals surface area contributed by atoms with Gasteiger partial charge < -0.3 is 4.42 Å². The summed E-state index contributed by atoms with van der Waals surface area (Å²) in [6.07, 6.45) is 2.93. The van der Waals surface area contributed by atoms with Crippen molar-refractivity contribution in [2.45, 2.75) is 11.6 Å². The van der Waals surface area contributed by atoms with Crippen LogP contribution < -0.4 is 0 Å². The zero-order valence-electron chi connectivity index (χ0n) is 14.3. The van der Waals surface area contributed by atoms with Gasteiger partial charge in [-0.15, -0.1) is 0 Å². The lowest BCUT2D eigenvalue weighted by molar-refractivity contribution is 0.151. The molecule has 1 aliphatic heterocycles. The molecule has 27 heavy (non-hydrogen) atoms. The van der Waals surface area contributed by atoms with Gasteiger partial charge in [0, 0.05) is 43.6 Å². The molecule has 0 atom stereocenters. The normalized spacial score (nSPS) is 16.8. The molecular formula is C17H17ClN4O3S2. The first-order valence-electron chi connectivity index (χ1n) is 8.36. The molecule has 4 rings (SSSR count). The maximum absolute atomic E-state index is 12.7. The fraction of sp³-hybridized carbons (Fsp3) is 0.294. The first-order chi connectivity index (χ1) is 12.9. The maximum Gasteiger partial charge on any atom is 0.270 e. The van der Waals surface area contributed by atoms with E-state index in [9.17, 15) is 8.42 Å². The van der Waals surface area contributed by atoms with Gasteiger partial charge in [-0.1, -0.05) is 11.6 Å². The van der Waals surface area contributed by atoms with Gasteiger partial charge in [0.05, 0.1) is 12.2 Å². The summed E-state index contributed by atoms with van der Waals surface area (Å²) in [7, 11) is -3.52. The van der Waals surface area contributed by atoms with Gasteiger partial charge in [-0.3, -0.25) is 14.5 Å². The number of nitrogens with zero attached hydrogens (tertiary/aromatic N) is 4. The Morgan fingerprint density at radius 3 is 2.67 bits per heavy atom. The number of pyridine rings is 1. The summed E-state index contributed by atoms with van der Waals surface area (Å²) in [5.74, 6) is 0. The van der Waals surface area contributed by atoms with E-state index in [4.69, 9.17) is 28.2 Å². The van der Waals surface area contributed by atoms with Crippen molar-refractivity contribution in [2.24, 2.45) is 0 Å². The Balaban J connectivity index is 1.49. The quantitative estimate of drug-likeness (QED) is 0.599. The van der Waals surface area contributed by atoms with E-state index in [0.29, 0.717) is 48.3 Å². The Bertz CT molecular complexity index is 1120. The second kappa shape index (κ2) is 7.33. The third-order valence-corrected chi connectivity index (χ3v) is 7.00. The Labute approximate surface area is 166 Å². The number of piperazine rings is 1. The molecule has 0 aliphatic carbocycles. The molecule has 0 saturated carbocycles. The van der Waals surface area contributed by atoms with E-state index in [1.807, 2.05) is 10.6 Å². The second-order valence-electron chi connectivity index (χ2n) is 6.26. The minimum atomic E-state index is -3.52. The third kappa shape index (κ3) is 3.65. The van der Waals surface area contributed by atoms with Crippen LogP contribution in [-0.2, 0) is 16.7 Å². The number of hydrogen-bond donors (Lipinski definition) is 0. The van der Waals surface area contributed by atoms with Gasteiger partial charge in [-0.2, -0.15) is 4.31 Å². The molecule has 0 bridgehead atoms. The number of sulfonamides is 1. The number of halogens is 1. The van der Waals surface area contributed by atoms with E-state index in [1.165, 1.54) is 10.5 Å². The molecule has 0 N–H and O–H groups in total. The van der Waals surface area contributed by atoms with Gasteiger partial charge >= 0.3 is 0 Å². The lowest BCUT2D eigenvalue weighted by atomic mass is 10.3. The van der Waals surface area contributed by atoms with E-state index < -0.39 is 10.0 Å². The van der Waals surface area contributed by atoms with Gasteiger partial charge in [0.1, 0.15) is 4.90 Å². The predicted molar refractivity (Wildman–Crippen MR) is 105 cm³/mol. The molecule has 2 aromatic heterocycles. The van der Waals surface area contributed by atoms with Crippen LogP contribution in [0, 0.1) is 4.84 Å². The van der Waals surface area contributed by atoms with Crippen molar-refractivity contribution in [2.75, 3.05) is 26.2 Å². The second-order valence-corrected chi connectivity index (χ2v) is 8.98. The summed E-state index contributed by atoms with van der Waals surface area (Å²) in [6, 6.07) is 8.56. The van der Waals surface area contributed by atoms with Gasteiger partial charge in [-0.25, -0.2) is 8.42 Å². The van der Waals surface area contributed by atoms with Crippen molar-refractivity contribution >= 4 is 44.9 Å². The summed E-state index contributed by atoms with van der Waals surface area (Å²) in [5, 5.41) is 0.611. The summed E-state index contributed by atoms with van der Waals surface area (Å²) < 4.78 is 34.4. The van der Waals surface area contributed by atoms with Crippen LogP contribution in [0.2, 0.25) is 5.02 Å². The fourth-order valence-electron chi connectivity index (χ4n) is 3.13. The van der Waals surface area contributed by atoms with Crippen LogP contribution >= 0.6 is 23.8 Å². The highest BCUT2D eigenvalue weighted by atomic mass is 35.5. The van der Waals surface area contributed by atoms with Crippen molar-refractivity contribution in [3.05, 3.63) is 52.6 Å². The monoisotopic (exact) mass is 424 g/mol. The smallest absolute Gasteiger partial charge is 0.270 e. The lowest BCUT2D eigenvalue weighted by Gasteiger charge is -2.33. The minimum Gasteiger partial charge on any atom is -0.429 e. The van der Waals surface area contributed by atoms with Crippen molar-refractivity contribution in [1.82, 2.24) is 18.8 Å². The largest absolute Gasteiger partial charge is 0.429 e. The van der Waals surface area contributed by atoms with Crippen LogP contribution in [0.25, 0.3) is 11.1 Å². The third-order valence-electron chi connectivity index (χ3n) is 4.57. The standard InChI is InChI=1S/C17H17ClN4O3S2/c18-13-3-4-16-15(10-13)22(17(26)25-16)12-20-6-8-21(9-7-20)27(23,24)14-2-1-5-19-11-14/h1-5,10-11H,6-9,12H2. The molecule has 0 radical (unpaired) electrons. The average molecular weight is 425 g/mol. The Morgan fingerprint density at radius 2 is 1.96 bits per heavy atom. The summed E-state index contributed by atoms with van der Waals surface area (Å²) in [6.45, 7) is 2.51. The molecule has 1 aliphatic rings. The van der Waals surface area contributed by atoms with E-state index in [0.717, 1.165) is 5.52 Å². The number of fused-ring (bicyclic) bond motifs is 1. The molecule has 1 saturated heterocycles. The summed E-state index contributed by atoms with van der Waals surface area (Å²) >= 11 is 11.4. The fourth-order valence-corrected chi connectivity index (χ4v) is 4.93. The molecule has 7 nitrogen and oxygen atoms in total. The maximum atomic E-state index is 12.7. The number of rotatable bonds is 4. The summed E-state index contributed by atoms with van der Waals surface area (Å²) in [4.78, 5) is 6.64. The van der Waals surface area contributed by atoms with Crippen LogP contribution in [-0.4, -0.2) is 53.4 Å². The Kier molecular flexibility index (Phi) is 5.04. The van der Waals surface area contributed by atoms with Crippen molar-refractivity contribution in [1.29, 1.82) is 0 Å². The topological polar surface area (TPSA) is 71.6 Å². The molecule has 10 heteroatoms. The van der Waals surface area contributed by atoms with Crippen molar-refractivity contribution in [3.63, 3.8) is 0 Å². The number of oxazole rings is 1. The molecule has 0 unspecified atom stereocenters. The molecule has 3 heterocycles. The van der Waals surface area contributed by atoms with Crippen LogP contribution in [0.15, 0.2) is 52.0 Å². The van der Waals surface area contributed by atoms with E-state index in [1.54, 1.807) is 30.5 Å². The van der Waals surface area contributed by atoms with Crippen LogP contribution in [0.3, 0.4) is 0 Å². The highest BCUT2D eigenvalue weighted by Crippen LogP contribution is 2.23. The first kappa shape index (κ1) is 18.6. The number of benzene rings is 1. The Hall–Kier alpha value is -1.78. The highest BCUT2D eigenvalue weighted by Gasteiger charge is 2.28. The zero-order valence-corrected chi connectivity index (χ0v) is 16.7. The van der Waals surface area contributed by atoms with Crippen molar-refractivity contribution in [3.8, 4) is 0 Å². The van der Waals surface area contributed by atoms with Gasteiger partial charge in [0.15, 0.2) is 5.58 Å². The molecule has 3 aromatic rings. The van der Waals surface area contributed by atoms with E-state index in [-0.39, 0.29) is 4.90 Å². The van der Waals surface area contributed by atoms with Crippen molar-refractivity contribution < 1.29 is 12.8 Å². The molecule has 142 valence electrons. The SMILES string of the molecule is O=S(=O)(c1cccnc1)N1CCN(Cn2c(=S)oc3ccc(Cl)cc32)CC1. The molecule has 1 aromatic carbocycles. The lowest BCUT2D eigenvalue weighted by Crippen LogP contribution is -2.48. The molecule has 0 spiro atoms. The van der Waals surface area contributed by atoms with E-state index in [2.05, 4.69) is 9.88 Å². The molecule has 1 fully saturated rings. The molecular weight excluding hydrogens is 408 g/mol. The highest BCUT2D eigenvalue weighted by molar-refractivity contribution is 7.89. The van der Waals surface area contributed by atoms with Crippen LogP contribution in [0.1, 0.15) is 0 Å². The number of hydrogen-bond acceptors (Lipinski definition) is 6. The zero-order chi connectivity index (χ0) is 19.0. The predicted octanol–water partition coefficient (Wildman–Crippen LogP) is 2.98. The number of aromatic nitrogens is 2. The van der Waals surface area contributed by atoms with E-state index >= 15 is 0 Å². The van der Waals surface area contributed by atoms with Gasteiger partial charge in [0.2, 0.25) is 10.0 Å². The first-order valence-corrected chi connectivity index (χ1v) is 10.6. The van der Waals surface area contributed by atoms with Gasteiger partial charge in [0.25, 0.3) is 4.84 Å². The summed E-state index contributed by atoms with van der Waals surface area (Å²) in [5.41, 5.74) is 1.51. The molecule has 0 amide bonds. The van der Waals surface area contributed by atoms with Crippen LogP contribution in [0.4, 0.5) is 0 Å².